The lowest BCUT2D eigenvalue weighted by Gasteiger charge is -2.34. The second-order valence-electron chi connectivity index (χ2n) is 9.07. The van der Waals surface area contributed by atoms with E-state index in [9.17, 15) is 9.59 Å². The van der Waals surface area contributed by atoms with Crippen molar-refractivity contribution in [1.82, 2.24) is 4.98 Å². The Labute approximate surface area is 220 Å². The fraction of sp³-hybridized carbons (Fsp3) is 0.241. The highest BCUT2D eigenvalue weighted by Crippen LogP contribution is 2.37. The van der Waals surface area contributed by atoms with E-state index in [0.717, 1.165) is 22.9 Å². The Kier molecular flexibility index (Phi) is 7.06. The molecule has 190 valence electrons. The van der Waals surface area contributed by atoms with Crippen molar-refractivity contribution in [3.05, 3.63) is 82.1 Å². The molecular formula is C29H28ClN3O4. The number of ether oxygens (including phenoxy) is 2. The Morgan fingerprint density at radius 3 is 2.62 bits per heavy atom. The normalized spacial score (nSPS) is 15.4. The molecule has 0 unspecified atom stereocenters. The van der Waals surface area contributed by atoms with E-state index in [4.69, 9.17) is 21.1 Å². The number of amides is 1. The van der Waals surface area contributed by atoms with E-state index in [0.29, 0.717) is 52.9 Å². The third kappa shape index (κ3) is 5.00. The molecule has 7 nitrogen and oxygen atoms in total. The van der Waals surface area contributed by atoms with E-state index in [1.54, 1.807) is 38.5 Å². The summed E-state index contributed by atoms with van der Waals surface area (Å²) in [7, 11) is 3.13. The number of aromatic nitrogens is 1. The predicted molar refractivity (Wildman–Crippen MR) is 148 cm³/mol. The van der Waals surface area contributed by atoms with Gasteiger partial charge in [-0.25, -0.2) is 0 Å². The first-order chi connectivity index (χ1) is 18.0. The number of H-pyrrole nitrogens is 1. The van der Waals surface area contributed by atoms with Gasteiger partial charge in [0.05, 0.1) is 25.8 Å². The van der Waals surface area contributed by atoms with Crippen LogP contribution in [0.2, 0.25) is 5.02 Å². The Morgan fingerprint density at radius 2 is 1.86 bits per heavy atom. The fourth-order valence-corrected chi connectivity index (χ4v) is 5.17. The molecule has 0 aliphatic carbocycles. The van der Waals surface area contributed by atoms with Crippen molar-refractivity contribution < 1.29 is 14.3 Å². The van der Waals surface area contributed by atoms with Crippen LogP contribution in [0.15, 0.2) is 71.5 Å². The zero-order chi connectivity index (χ0) is 25.9. The maximum atomic E-state index is 13.5. The van der Waals surface area contributed by atoms with E-state index in [2.05, 4.69) is 10.3 Å². The fourth-order valence-electron chi connectivity index (χ4n) is 4.99. The lowest BCUT2D eigenvalue weighted by atomic mass is 9.93. The van der Waals surface area contributed by atoms with Crippen LogP contribution in [0.4, 0.5) is 11.4 Å². The minimum atomic E-state index is -0.317. The predicted octanol–water partition coefficient (Wildman–Crippen LogP) is 5.72. The number of methoxy groups -OCH3 is 2. The summed E-state index contributed by atoms with van der Waals surface area (Å²) in [5.74, 6) is 0.728. The van der Waals surface area contributed by atoms with Crippen LogP contribution < -0.4 is 25.2 Å². The van der Waals surface area contributed by atoms with Crippen LogP contribution in [-0.4, -0.2) is 38.2 Å². The van der Waals surface area contributed by atoms with Crippen LogP contribution in [0.25, 0.3) is 22.0 Å². The number of anilines is 2. The Balaban J connectivity index is 1.51. The van der Waals surface area contributed by atoms with Crippen LogP contribution in [-0.2, 0) is 4.79 Å². The van der Waals surface area contributed by atoms with Crippen molar-refractivity contribution in [3.63, 3.8) is 0 Å². The van der Waals surface area contributed by atoms with Crippen molar-refractivity contribution in [1.29, 1.82) is 0 Å². The summed E-state index contributed by atoms with van der Waals surface area (Å²) in [5, 5.41) is 4.45. The first kappa shape index (κ1) is 24.7. The Hall–Kier alpha value is -3.97. The molecule has 1 amide bonds. The van der Waals surface area contributed by atoms with Gasteiger partial charge in [-0.3, -0.25) is 9.59 Å². The number of hydrogen-bond donors (Lipinski definition) is 2. The van der Waals surface area contributed by atoms with Crippen LogP contribution in [0, 0.1) is 5.92 Å². The molecule has 8 heteroatoms. The van der Waals surface area contributed by atoms with Gasteiger partial charge in [-0.1, -0.05) is 41.9 Å². The summed E-state index contributed by atoms with van der Waals surface area (Å²) in [6, 6.07) is 20.6. The summed E-state index contributed by atoms with van der Waals surface area (Å²) in [6.45, 7) is 1.08. The molecule has 1 fully saturated rings. The van der Waals surface area contributed by atoms with Crippen LogP contribution in [0.1, 0.15) is 12.8 Å². The summed E-state index contributed by atoms with van der Waals surface area (Å²) in [5.41, 5.74) is 3.36. The van der Waals surface area contributed by atoms with Crippen LogP contribution in [0.3, 0.4) is 0 Å². The monoisotopic (exact) mass is 517 g/mol. The molecular weight excluding hydrogens is 490 g/mol. The zero-order valence-corrected chi connectivity index (χ0v) is 21.5. The zero-order valence-electron chi connectivity index (χ0n) is 20.7. The number of pyridine rings is 1. The SMILES string of the molecule is COc1ccc(OC)c(NC(=O)[C@@H]2CCCN(c3c(-c4ccccc4)c4cc(Cl)ccc4[nH]c3=O)C2)c1. The van der Waals surface area contributed by atoms with Gasteiger partial charge < -0.3 is 24.7 Å². The molecule has 0 radical (unpaired) electrons. The minimum absolute atomic E-state index is 0.127. The number of nitrogens with zero attached hydrogens (tertiary/aromatic N) is 1. The van der Waals surface area contributed by atoms with Gasteiger partial charge in [0.2, 0.25) is 5.91 Å². The van der Waals surface area contributed by atoms with E-state index in [-0.39, 0.29) is 17.4 Å². The van der Waals surface area contributed by atoms with Gasteiger partial charge in [-0.05, 0) is 48.7 Å². The van der Waals surface area contributed by atoms with Crippen molar-refractivity contribution in [3.8, 4) is 22.6 Å². The smallest absolute Gasteiger partial charge is 0.272 e. The second kappa shape index (κ2) is 10.6. The van der Waals surface area contributed by atoms with E-state index in [1.165, 1.54) is 0 Å². The summed E-state index contributed by atoms with van der Waals surface area (Å²) in [4.78, 5) is 31.9. The summed E-state index contributed by atoms with van der Waals surface area (Å²) < 4.78 is 10.7. The van der Waals surface area contributed by atoms with E-state index < -0.39 is 0 Å². The van der Waals surface area contributed by atoms with Gasteiger partial charge in [0, 0.05) is 40.6 Å². The quantitative estimate of drug-likeness (QED) is 0.342. The van der Waals surface area contributed by atoms with Gasteiger partial charge in [-0.2, -0.15) is 0 Å². The van der Waals surface area contributed by atoms with E-state index >= 15 is 0 Å². The molecule has 1 atom stereocenters. The number of hydrogen-bond acceptors (Lipinski definition) is 5. The Morgan fingerprint density at radius 1 is 1.05 bits per heavy atom. The van der Waals surface area contributed by atoms with Crippen molar-refractivity contribution in [2.45, 2.75) is 12.8 Å². The molecule has 3 aromatic carbocycles. The maximum absolute atomic E-state index is 13.5. The number of aromatic amines is 1. The molecule has 1 aliphatic rings. The summed E-state index contributed by atoms with van der Waals surface area (Å²) >= 11 is 6.37. The lowest BCUT2D eigenvalue weighted by Crippen LogP contribution is -2.43. The molecule has 4 aromatic rings. The number of nitrogens with one attached hydrogen (secondary N) is 2. The van der Waals surface area contributed by atoms with Gasteiger partial charge in [0.1, 0.15) is 17.2 Å². The molecule has 2 N–H and O–H groups in total. The standard InChI is InChI=1S/C29H28ClN3O4/c1-36-21-11-13-25(37-2)24(16-21)32-28(34)19-9-6-14-33(17-19)27-26(18-7-4-3-5-8-18)22-15-20(30)10-12-23(22)31-29(27)35/h3-5,7-8,10-13,15-16,19H,6,9,14,17H2,1-2H3,(H,31,35)(H,32,34)/t19-/m1/s1. The third-order valence-corrected chi connectivity index (χ3v) is 7.02. The topological polar surface area (TPSA) is 83.7 Å². The average molecular weight is 518 g/mol. The van der Waals surface area contributed by atoms with Crippen LogP contribution in [0.5, 0.6) is 11.5 Å². The number of rotatable bonds is 6. The number of piperidine rings is 1. The number of carbonyl (C=O) groups is 1. The van der Waals surface area contributed by atoms with Gasteiger partial charge >= 0.3 is 0 Å². The van der Waals surface area contributed by atoms with E-state index in [1.807, 2.05) is 47.4 Å². The molecule has 1 aromatic heterocycles. The highest BCUT2D eigenvalue weighted by molar-refractivity contribution is 6.31. The van der Waals surface area contributed by atoms with Crippen molar-refractivity contribution in [2.75, 3.05) is 37.5 Å². The summed E-state index contributed by atoms with van der Waals surface area (Å²) in [6.07, 6.45) is 1.49. The molecule has 5 rings (SSSR count). The molecule has 2 heterocycles. The number of benzene rings is 3. The van der Waals surface area contributed by atoms with Gasteiger partial charge in [0.15, 0.2) is 0 Å². The second-order valence-corrected chi connectivity index (χ2v) is 9.51. The molecule has 1 saturated heterocycles. The molecule has 0 saturated carbocycles. The molecule has 37 heavy (non-hydrogen) atoms. The van der Waals surface area contributed by atoms with Gasteiger partial charge in [0.25, 0.3) is 5.56 Å². The van der Waals surface area contributed by atoms with Crippen molar-refractivity contribution >= 4 is 39.8 Å². The molecule has 0 bridgehead atoms. The largest absolute Gasteiger partial charge is 0.497 e. The maximum Gasteiger partial charge on any atom is 0.272 e. The number of fused-ring (bicyclic) bond motifs is 1. The Bertz CT molecular complexity index is 1500. The third-order valence-electron chi connectivity index (χ3n) is 6.79. The first-order valence-electron chi connectivity index (χ1n) is 12.2. The van der Waals surface area contributed by atoms with Gasteiger partial charge in [-0.15, -0.1) is 0 Å². The number of halogens is 1. The highest BCUT2D eigenvalue weighted by Gasteiger charge is 2.30. The minimum Gasteiger partial charge on any atom is -0.497 e. The molecule has 0 spiro atoms. The first-order valence-corrected chi connectivity index (χ1v) is 12.5. The van der Waals surface area contributed by atoms with Crippen molar-refractivity contribution in [2.24, 2.45) is 5.92 Å². The highest BCUT2D eigenvalue weighted by atomic mass is 35.5. The molecule has 1 aliphatic heterocycles. The van der Waals surface area contributed by atoms with Crippen LogP contribution >= 0.6 is 11.6 Å². The number of carbonyl (C=O) groups excluding carboxylic acids is 1. The lowest BCUT2D eigenvalue weighted by molar-refractivity contribution is -0.120. The average Bonchev–Trinajstić information content (AvgIpc) is 2.93.